The van der Waals surface area contributed by atoms with Crippen LogP contribution < -0.4 is 5.32 Å². The molecule has 0 saturated carbocycles. The van der Waals surface area contributed by atoms with Crippen LogP contribution in [0.25, 0.3) is 6.08 Å². The number of aryl methyl sites for hydroxylation is 1. The van der Waals surface area contributed by atoms with Gasteiger partial charge < -0.3 is 5.32 Å². The van der Waals surface area contributed by atoms with Gasteiger partial charge in [-0.2, -0.15) is 0 Å². The van der Waals surface area contributed by atoms with E-state index in [1.165, 1.54) is 6.20 Å². The molecule has 2 aromatic rings. The summed E-state index contributed by atoms with van der Waals surface area (Å²) in [5.41, 5.74) is 2.00. The molecule has 0 aromatic carbocycles. The molecular weight excluding hydrogens is 352 g/mol. The van der Waals surface area contributed by atoms with Crippen LogP contribution in [0.1, 0.15) is 21.6 Å². The second-order valence-corrected chi connectivity index (χ2v) is 6.56. The van der Waals surface area contributed by atoms with Crippen LogP contribution in [0.5, 0.6) is 0 Å². The smallest absolute Gasteiger partial charge is 0.293 e. The molecule has 3 rings (SSSR count). The third kappa shape index (κ3) is 4.15. The zero-order chi connectivity index (χ0) is 18.5. The maximum absolute atomic E-state index is 12.4. The topological polar surface area (TPSA) is 92.3 Å². The Morgan fingerprint density at radius 1 is 1.27 bits per heavy atom. The molecule has 1 aliphatic heterocycles. The summed E-state index contributed by atoms with van der Waals surface area (Å²) in [6, 6.07) is 6.98. The summed E-state index contributed by atoms with van der Waals surface area (Å²) in [4.78, 5) is 46.0. The van der Waals surface area contributed by atoms with Gasteiger partial charge in [0.1, 0.15) is 0 Å². The number of imide groups is 1. The Kier molecular flexibility index (Phi) is 5.43. The standard InChI is InChI=1S/C18H16N4O3S/c1-12-4-5-14(11-21-12)16(23)20-7-8-22-17(24)15(26-18(22)25)9-13-3-2-6-19-10-13/h2-6,9-11H,7-8H2,1H3,(H,20,23)/b15-9-. The molecule has 8 heteroatoms. The van der Waals surface area contributed by atoms with Gasteiger partial charge in [0.25, 0.3) is 17.1 Å². The molecule has 7 nitrogen and oxygen atoms in total. The third-order valence-corrected chi connectivity index (χ3v) is 4.56. The first-order valence-corrected chi connectivity index (χ1v) is 8.72. The van der Waals surface area contributed by atoms with Crippen molar-refractivity contribution in [2.24, 2.45) is 0 Å². The Morgan fingerprint density at radius 3 is 2.81 bits per heavy atom. The fourth-order valence-electron chi connectivity index (χ4n) is 2.29. The van der Waals surface area contributed by atoms with Gasteiger partial charge in [0, 0.05) is 37.4 Å². The zero-order valence-electron chi connectivity index (χ0n) is 14.0. The number of carbonyl (C=O) groups excluding carboxylic acids is 3. The predicted octanol–water partition coefficient (Wildman–Crippen LogP) is 2.25. The minimum Gasteiger partial charge on any atom is -0.350 e. The molecule has 0 aliphatic carbocycles. The quantitative estimate of drug-likeness (QED) is 0.814. The maximum Gasteiger partial charge on any atom is 0.293 e. The van der Waals surface area contributed by atoms with Crippen LogP contribution in [-0.4, -0.2) is 45.0 Å². The maximum atomic E-state index is 12.4. The highest BCUT2D eigenvalue weighted by atomic mass is 32.2. The lowest BCUT2D eigenvalue weighted by Gasteiger charge is -2.13. The van der Waals surface area contributed by atoms with Crippen molar-refractivity contribution in [3.63, 3.8) is 0 Å². The molecule has 0 unspecified atom stereocenters. The van der Waals surface area contributed by atoms with Crippen molar-refractivity contribution in [1.29, 1.82) is 0 Å². The van der Waals surface area contributed by atoms with E-state index in [9.17, 15) is 14.4 Å². The third-order valence-electron chi connectivity index (χ3n) is 3.65. The van der Waals surface area contributed by atoms with Crippen molar-refractivity contribution in [3.05, 3.63) is 64.6 Å². The molecule has 1 fully saturated rings. The highest BCUT2D eigenvalue weighted by Gasteiger charge is 2.34. The average molecular weight is 368 g/mol. The van der Waals surface area contributed by atoms with E-state index < -0.39 is 0 Å². The fraction of sp³-hybridized carbons (Fsp3) is 0.167. The van der Waals surface area contributed by atoms with Gasteiger partial charge in [0.05, 0.1) is 10.5 Å². The lowest BCUT2D eigenvalue weighted by atomic mass is 10.2. The Bertz CT molecular complexity index is 866. The van der Waals surface area contributed by atoms with Crippen LogP contribution in [0.3, 0.4) is 0 Å². The minimum atomic E-state index is -0.366. The van der Waals surface area contributed by atoms with Gasteiger partial charge in [-0.15, -0.1) is 0 Å². The molecule has 0 spiro atoms. The van der Waals surface area contributed by atoms with E-state index in [0.717, 1.165) is 27.9 Å². The number of pyridine rings is 2. The van der Waals surface area contributed by atoms with Crippen LogP contribution in [0.15, 0.2) is 47.8 Å². The molecule has 2 aromatic heterocycles. The van der Waals surface area contributed by atoms with Gasteiger partial charge in [-0.3, -0.25) is 29.3 Å². The van der Waals surface area contributed by atoms with Gasteiger partial charge in [0.15, 0.2) is 0 Å². The lowest BCUT2D eigenvalue weighted by molar-refractivity contribution is -0.122. The van der Waals surface area contributed by atoms with E-state index >= 15 is 0 Å². The number of carbonyl (C=O) groups is 3. The van der Waals surface area contributed by atoms with Crippen molar-refractivity contribution >= 4 is 34.9 Å². The summed E-state index contributed by atoms with van der Waals surface area (Å²) in [7, 11) is 0. The van der Waals surface area contributed by atoms with Gasteiger partial charge in [-0.1, -0.05) is 6.07 Å². The van der Waals surface area contributed by atoms with Gasteiger partial charge in [0.2, 0.25) is 0 Å². The van der Waals surface area contributed by atoms with Crippen molar-refractivity contribution in [2.45, 2.75) is 6.92 Å². The predicted molar refractivity (Wildman–Crippen MR) is 98.2 cm³/mol. The van der Waals surface area contributed by atoms with Crippen molar-refractivity contribution < 1.29 is 14.4 Å². The summed E-state index contributed by atoms with van der Waals surface area (Å²) in [5.74, 6) is -0.662. The number of amides is 3. The summed E-state index contributed by atoms with van der Waals surface area (Å²) in [5, 5.41) is 2.34. The van der Waals surface area contributed by atoms with Crippen molar-refractivity contribution in [3.8, 4) is 0 Å². The first-order valence-electron chi connectivity index (χ1n) is 7.91. The fourth-order valence-corrected chi connectivity index (χ4v) is 3.16. The second kappa shape index (κ2) is 7.92. The first kappa shape index (κ1) is 17.8. The molecule has 0 radical (unpaired) electrons. The highest BCUT2D eigenvalue weighted by Crippen LogP contribution is 2.31. The molecule has 132 valence electrons. The van der Waals surface area contributed by atoms with E-state index in [1.807, 2.05) is 6.92 Å². The van der Waals surface area contributed by atoms with Crippen LogP contribution >= 0.6 is 11.8 Å². The molecule has 0 atom stereocenters. The van der Waals surface area contributed by atoms with Crippen LogP contribution in [0.4, 0.5) is 4.79 Å². The Morgan fingerprint density at radius 2 is 2.12 bits per heavy atom. The number of aromatic nitrogens is 2. The number of hydrogen-bond donors (Lipinski definition) is 1. The Labute approximate surface area is 154 Å². The normalized spacial score (nSPS) is 15.6. The lowest BCUT2D eigenvalue weighted by Crippen LogP contribution is -2.37. The molecule has 1 N–H and O–H groups in total. The summed E-state index contributed by atoms with van der Waals surface area (Å²) >= 11 is 0.881. The SMILES string of the molecule is Cc1ccc(C(=O)NCCN2C(=O)S/C(=C\c3cccnc3)C2=O)cn1. The first-order chi connectivity index (χ1) is 12.5. The zero-order valence-corrected chi connectivity index (χ0v) is 14.8. The molecular formula is C18H16N4O3S. The van der Waals surface area contributed by atoms with E-state index in [-0.39, 0.29) is 30.1 Å². The number of hydrogen-bond acceptors (Lipinski definition) is 6. The molecule has 1 aliphatic rings. The van der Waals surface area contributed by atoms with Gasteiger partial charge in [-0.25, -0.2) is 0 Å². The molecule has 0 bridgehead atoms. The number of nitrogens with one attached hydrogen (secondary N) is 1. The summed E-state index contributed by atoms with van der Waals surface area (Å²) in [6.07, 6.45) is 6.37. The largest absolute Gasteiger partial charge is 0.350 e. The summed E-state index contributed by atoms with van der Waals surface area (Å²) < 4.78 is 0. The highest BCUT2D eigenvalue weighted by molar-refractivity contribution is 8.18. The van der Waals surface area contributed by atoms with Crippen molar-refractivity contribution in [2.75, 3.05) is 13.1 Å². The number of rotatable bonds is 5. The average Bonchev–Trinajstić information content (AvgIpc) is 2.90. The van der Waals surface area contributed by atoms with E-state index in [2.05, 4.69) is 15.3 Å². The molecule has 26 heavy (non-hydrogen) atoms. The van der Waals surface area contributed by atoms with Crippen LogP contribution in [0.2, 0.25) is 0 Å². The monoisotopic (exact) mass is 368 g/mol. The second-order valence-electron chi connectivity index (χ2n) is 5.56. The summed E-state index contributed by atoms with van der Waals surface area (Å²) in [6.45, 7) is 2.12. The Hall–Kier alpha value is -3.00. The van der Waals surface area contributed by atoms with Crippen molar-refractivity contribution in [1.82, 2.24) is 20.2 Å². The Balaban J connectivity index is 1.57. The van der Waals surface area contributed by atoms with E-state index in [0.29, 0.717) is 10.5 Å². The van der Waals surface area contributed by atoms with Gasteiger partial charge in [-0.05, 0) is 48.5 Å². The molecule has 1 saturated heterocycles. The molecule has 3 amide bonds. The molecule has 3 heterocycles. The van der Waals surface area contributed by atoms with Crippen LogP contribution in [-0.2, 0) is 4.79 Å². The minimum absolute atomic E-state index is 0.111. The number of nitrogens with zero attached hydrogens (tertiary/aromatic N) is 3. The van der Waals surface area contributed by atoms with E-state index in [4.69, 9.17) is 0 Å². The van der Waals surface area contributed by atoms with Gasteiger partial charge >= 0.3 is 0 Å². The van der Waals surface area contributed by atoms with Crippen LogP contribution in [0, 0.1) is 6.92 Å². The van der Waals surface area contributed by atoms with E-state index in [1.54, 1.807) is 42.7 Å². The number of thioether (sulfide) groups is 1.